The molecule has 0 unspecified atom stereocenters. The summed E-state index contributed by atoms with van der Waals surface area (Å²) in [7, 11) is 0. The number of nitrogens with zero attached hydrogens (tertiary/aromatic N) is 4. The van der Waals surface area contributed by atoms with Crippen LogP contribution in [0.25, 0.3) is 16.7 Å². The standard InChI is InChI=1S/C16H12F4N6/c17-10-1-2-11-9(7-22-12(11)5-10)3-4-21-14-6-13(16(18,19)20)25-15-23-8-24-26(14)15/h1-2,5-8,21-22H,3-4H2. The molecule has 6 nitrogen and oxygen atoms in total. The van der Waals surface area contributed by atoms with Crippen LogP contribution in [0.3, 0.4) is 0 Å². The number of halogens is 4. The van der Waals surface area contributed by atoms with Crippen molar-refractivity contribution < 1.29 is 17.6 Å². The van der Waals surface area contributed by atoms with Crippen LogP contribution in [0, 0.1) is 5.82 Å². The van der Waals surface area contributed by atoms with Crippen LogP contribution in [0.4, 0.5) is 23.4 Å². The van der Waals surface area contributed by atoms with Crippen molar-refractivity contribution in [2.24, 2.45) is 0 Å². The molecular formula is C16H12F4N6. The molecule has 0 atom stereocenters. The molecule has 0 aliphatic carbocycles. The Morgan fingerprint density at radius 1 is 1.19 bits per heavy atom. The van der Waals surface area contributed by atoms with Crippen molar-refractivity contribution in [2.75, 3.05) is 11.9 Å². The third kappa shape index (κ3) is 2.93. The number of nitrogens with one attached hydrogen (secondary N) is 2. The number of hydrogen-bond donors (Lipinski definition) is 2. The van der Waals surface area contributed by atoms with E-state index >= 15 is 0 Å². The van der Waals surface area contributed by atoms with E-state index in [1.54, 1.807) is 12.3 Å². The zero-order chi connectivity index (χ0) is 18.3. The highest BCUT2D eigenvalue weighted by Crippen LogP contribution is 2.29. The van der Waals surface area contributed by atoms with Gasteiger partial charge in [-0.3, -0.25) is 0 Å². The topological polar surface area (TPSA) is 70.9 Å². The van der Waals surface area contributed by atoms with Crippen LogP contribution >= 0.6 is 0 Å². The van der Waals surface area contributed by atoms with Gasteiger partial charge in [-0.05, 0) is 30.2 Å². The zero-order valence-corrected chi connectivity index (χ0v) is 13.2. The van der Waals surface area contributed by atoms with Crippen LogP contribution in [-0.2, 0) is 12.6 Å². The molecular weight excluding hydrogens is 352 g/mol. The number of alkyl halides is 3. The third-order valence-corrected chi connectivity index (χ3v) is 3.97. The molecule has 0 spiro atoms. The van der Waals surface area contributed by atoms with Crippen molar-refractivity contribution in [3.63, 3.8) is 0 Å². The van der Waals surface area contributed by atoms with Crippen molar-refractivity contribution in [3.05, 3.63) is 53.9 Å². The zero-order valence-electron chi connectivity index (χ0n) is 13.2. The van der Waals surface area contributed by atoms with Gasteiger partial charge in [-0.1, -0.05) is 0 Å². The number of H-pyrrole nitrogens is 1. The second-order valence-corrected chi connectivity index (χ2v) is 5.68. The predicted molar refractivity (Wildman–Crippen MR) is 86.2 cm³/mol. The molecule has 0 amide bonds. The summed E-state index contributed by atoms with van der Waals surface area (Å²) in [5, 5.41) is 7.68. The van der Waals surface area contributed by atoms with Crippen LogP contribution in [0.2, 0.25) is 0 Å². The summed E-state index contributed by atoms with van der Waals surface area (Å²) in [6.07, 6.45) is -1.16. The van der Waals surface area contributed by atoms with E-state index in [0.717, 1.165) is 23.3 Å². The van der Waals surface area contributed by atoms with Gasteiger partial charge in [-0.2, -0.15) is 27.8 Å². The summed E-state index contributed by atoms with van der Waals surface area (Å²) in [6, 6.07) is 5.32. The van der Waals surface area contributed by atoms with E-state index in [1.807, 2.05) is 0 Å². The van der Waals surface area contributed by atoms with Crippen LogP contribution in [-0.4, -0.2) is 31.1 Å². The molecule has 0 saturated heterocycles. The van der Waals surface area contributed by atoms with Crippen molar-refractivity contribution in [1.82, 2.24) is 24.6 Å². The summed E-state index contributed by atoms with van der Waals surface area (Å²) >= 11 is 0. The van der Waals surface area contributed by atoms with Crippen LogP contribution in [0.5, 0.6) is 0 Å². The van der Waals surface area contributed by atoms with Crippen molar-refractivity contribution >= 4 is 22.5 Å². The van der Waals surface area contributed by atoms with Gasteiger partial charge in [-0.25, -0.2) is 9.37 Å². The average molecular weight is 364 g/mol. The van der Waals surface area contributed by atoms with E-state index in [0.29, 0.717) is 18.5 Å². The van der Waals surface area contributed by atoms with Gasteiger partial charge < -0.3 is 10.3 Å². The summed E-state index contributed by atoms with van der Waals surface area (Å²) in [6.45, 7) is 0.348. The molecule has 0 radical (unpaired) electrons. The maximum absolute atomic E-state index is 13.2. The molecule has 0 bridgehead atoms. The van der Waals surface area contributed by atoms with Crippen molar-refractivity contribution in [1.29, 1.82) is 0 Å². The summed E-state index contributed by atoms with van der Waals surface area (Å²) in [5.74, 6) is -0.329. The Balaban J connectivity index is 1.56. The van der Waals surface area contributed by atoms with Gasteiger partial charge in [0.25, 0.3) is 5.78 Å². The van der Waals surface area contributed by atoms with E-state index in [1.165, 1.54) is 16.6 Å². The summed E-state index contributed by atoms with van der Waals surface area (Å²) in [4.78, 5) is 10.2. The molecule has 0 saturated carbocycles. The fourth-order valence-electron chi connectivity index (χ4n) is 2.77. The van der Waals surface area contributed by atoms with E-state index in [9.17, 15) is 17.6 Å². The van der Waals surface area contributed by atoms with Gasteiger partial charge >= 0.3 is 6.18 Å². The second kappa shape index (κ2) is 5.97. The smallest absolute Gasteiger partial charge is 0.370 e. The van der Waals surface area contributed by atoms with Crippen molar-refractivity contribution in [3.8, 4) is 0 Å². The van der Waals surface area contributed by atoms with Gasteiger partial charge in [0.15, 0.2) is 5.69 Å². The minimum Gasteiger partial charge on any atom is -0.370 e. The number of hydrogen-bond acceptors (Lipinski definition) is 4. The molecule has 26 heavy (non-hydrogen) atoms. The molecule has 3 heterocycles. The van der Waals surface area contributed by atoms with Gasteiger partial charge in [0.1, 0.15) is 18.0 Å². The molecule has 1 aromatic carbocycles. The lowest BCUT2D eigenvalue weighted by Gasteiger charge is -2.11. The lowest BCUT2D eigenvalue weighted by molar-refractivity contribution is -0.141. The Morgan fingerprint density at radius 2 is 2.04 bits per heavy atom. The molecule has 0 aliphatic rings. The lowest BCUT2D eigenvalue weighted by atomic mass is 10.1. The lowest BCUT2D eigenvalue weighted by Crippen LogP contribution is -2.14. The monoisotopic (exact) mass is 364 g/mol. The van der Waals surface area contributed by atoms with E-state index in [2.05, 4.69) is 25.4 Å². The highest BCUT2D eigenvalue weighted by atomic mass is 19.4. The molecule has 10 heteroatoms. The van der Waals surface area contributed by atoms with Crippen molar-refractivity contribution in [2.45, 2.75) is 12.6 Å². The maximum atomic E-state index is 13.2. The molecule has 3 aromatic heterocycles. The SMILES string of the molecule is Fc1ccc2c(CCNc3cc(C(F)(F)F)nc4ncnn34)c[nH]c2c1. The predicted octanol–water partition coefficient (Wildman–Crippen LogP) is 3.42. The Labute approximate surface area is 143 Å². The summed E-state index contributed by atoms with van der Waals surface area (Å²) < 4.78 is 53.3. The third-order valence-electron chi connectivity index (χ3n) is 3.97. The fraction of sp³-hybridized carbons (Fsp3) is 0.188. The van der Waals surface area contributed by atoms with E-state index < -0.39 is 11.9 Å². The highest BCUT2D eigenvalue weighted by Gasteiger charge is 2.34. The van der Waals surface area contributed by atoms with Gasteiger partial charge in [-0.15, -0.1) is 0 Å². The van der Waals surface area contributed by atoms with Gasteiger partial charge in [0.05, 0.1) is 0 Å². The number of fused-ring (bicyclic) bond motifs is 2. The number of anilines is 1. The Hall–Kier alpha value is -3.17. The number of rotatable bonds is 4. The molecule has 0 fully saturated rings. The fourth-order valence-corrected chi connectivity index (χ4v) is 2.77. The maximum Gasteiger partial charge on any atom is 0.433 e. The Bertz CT molecular complexity index is 1080. The Kier molecular flexibility index (Phi) is 3.74. The molecule has 4 aromatic rings. The molecule has 134 valence electrons. The summed E-state index contributed by atoms with van der Waals surface area (Å²) in [5.41, 5.74) is 0.553. The van der Waals surface area contributed by atoms with Gasteiger partial charge in [0.2, 0.25) is 0 Å². The minimum atomic E-state index is -4.58. The van der Waals surface area contributed by atoms with Gasteiger partial charge in [0, 0.05) is 29.7 Å². The van der Waals surface area contributed by atoms with E-state index in [-0.39, 0.29) is 17.4 Å². The first-order valence-corrected chi connectivity index (χ1v) is 7.69. The first-order chi connectivity index (χ1) is 12.4. The first-order valence-electron chi connectivity index (χ1n) is 7.69. The molecule has 0 aliphatic heterocycles. The molecule has 2 N–H and O–H groups in total. The Morgan fingerprint density at radius 3 is 2.85 bits per heavy atom. The van der Waals surface area contributed by atoms with Crippen LogP contribution in [0.15, 0.2) is 36.8 Å². The van der Waals surface area contributed by atoms with Crippen LogP contribution < -0.4 is 5.32 Å². The average Bonchev–Trinajstić information content (AvgIpc) is 3.20. The minimum absolute atomic E-state index is 0.134. The second-order valence-electron chi connectivity index (χ2n) is 5.68. The normalized spacial score (nSPS) is 12.2. The van der Waals surface area contributed by atoms with E-state index in [4.69, 9.17) is 0 Å². The molecule has 4 rings (SSSR count). The van der Waals surface area contributed by atoms with Crippen LogP contribution in [0.1, 0.15) is 11.3 Å². The highest BCUT2D eigenvalue weighted by molar-refractivity contribution is 5.83. The number of aromatic amines is 1. The first kappa shape index (κ1) is 16.3. The largest absolute Gasteiger partial charge is 0.433 e. The quantitative estimate of drug-likeness (QED) is 0.545. The number of benzene rings is 1. The number of aromatic nitrogens is 5.